The lowest BCUT2D eigenvalue weighted by Gasteiger charge is -2.37. The van der Waals surface area contributed by atoms with Crippen molar-refractivity contribution in [2.75, 3.05) is 46.9 Å². The number of ether oxygens (including phenoxy) is 4. The second kappa shape index (κ2) is 22.7. The molecule has 0 heterocycles. The summed E-state index contributed by atoms with van der Waals surface area (Å²) in [6.07, 6.45) is 28.2. The molecule has 0 bridgehead atoms. The zero-order valence-corrected chi connectivity index (χ0v) is 31.0. The van der Waals surface area contributed by atoms with Gasteiger partial charge in [-0.25, -0.2) is 4.79 Å². The van der Waals surface area contributed by atoms with E-state index in [9.17, 15) is 4.79 Å². The van der Waals surface area contributed by atoms with Gasteiger partial charge in [0.25, 0.3) is 0 Å². The minimum atomic E-state index is -0.449. The quantitative estimate of drug-likeness (QED) is 0.0458. The van der Waals surface area contributed by atoms with E-state index in [0.717, 1.165) is 35.2 Å². The maximum Gasteiger partial charge on any atom is 0.335 e. The van der Waals surface area contributed by atoms with Gasteiger partial charge in [-0.15, -0.1) is 0 Å². The van der Waals surface area contributed by atoms with Crippen molar-refractivity contribution in [1.29, 1.82) is 0 Å². The van der Waals surface area contributed by atoms with Crippen LogP contribution in [0.25, 0.3) is 0 Å². The SMILES string of the molecule is C=C(COC)C(=O)OCC(COCOCCCO)c1ccc(C2CCC(C3CCC(/C=C/C4CCC(CCCCC)CC4)CC3)CC2)cc1. The molecule has 3 aliphatic carbocycles. The Morgan fingerprint density at radius 2 is 1.47 bits per heavy atom. The van der Waals surface area contributed by atoms with Crippen molar-refractivity contribution in [1.82, 2.24) is 0 Å². The van der Waals surface area contributed by atoms with E-state index >= 15 is 0 Å². The molecular weight excluding hydrogens is 612 g/mol. The van der Waals surface area contributed by atoms with Gasteiger partial charge in [-0.1, -0.05) is 75.6 Å². The standard InChI is InChI=1S/C43H68O6/c1-4-5-6-8-34-9-11-35(12-10-34)13-14-36-15-17-37(18-16-36)38-19-21-39(22-20-38)40-23-25-41(26-24-40)42(30-48-32-47-28-7-27-44)31-49-43(45)33(2)29-46-3/h13-14,23-26,34-39,42,44H,2,4-12,15-22,27-32H2,1,3H3/b14-13+. The number of allylic oxidation sites excluding steroid dienone is 2. The summed E-state index contributed by atoms with van der Waals surface area (Å²) in [7, 11) is 1.53. The number of hydrogen-bond donors (Lipinski definition) is 1. The van der Waals surface area contributed by atoms with E-state index < -0.39 is 5.97 Å². The van der Waals surface area contributed by atoms with Crippen molar-refractivity contribution in [2.24, 2.45) is 29.6 Å². The normalized spacial score (nSPS) is 26.8. The summed E-state index contributed by atoms with van der Waals surface area (Å²) < 4.78 is 21.8. The summed E-state index contributed by atoms with van der Waals surface area (Å²) in [5.74, 6) is 4.53. The van der Waals surface area contributed by atoms with E-state index in [1.807, 2.05) is 0 Å². The second-order valence-corrected chi connectivity index (χ2v) is 15.4. The molecule has 1 N–H and O–H groups in total. The highest BCUT2D eigenvalue weighted by molar-refractivity contribution is 5.88. The number of esters is 1. The first-order valence-electron chi connectivity index (χ1n) is 19.9. The summed E-state index contributed by atoms with van der Waals surface area (Å²) in [6, 6.07) is 8.89. The van der Waals surface area contributed by atoms with Crippen molar-refractivity contribution < 1.29 is 28.8 Å². The van der Waals surface area contributed by atoms with Crippen LogP contribution in [0.4, 0.5) is 0 Å². The van der Waals surface area contributed by atoms with Crippen LogP contribution >= 0.6 is 0 Å². The Hall–Kier alpha value is -1.99. The second-order valence-electron chi connectivity index (χ2n) is 15.4. The fourth-order valence-electron chi connectivity index (χ4n) is 8.67. The summed E-state index contributed by atoms with van der Waals surface area (Å²) in [5, 5.41) is 8.95. The van der Waals surface area contributed by atoms with Crippen molar-refractivity contribution >= 4 is 5.97 Å². The summed E-state index contributed by atoms with van der Waals surface area (Å²) in [4.78, 5) is 12.4. The molecule has 4 rings (SSSR count). The third-order valence-electron chi connectivity index (χ3n) is 11.9. The number of hydrogen-bond acceptors (Lipinski definition) is 6. The molecule has 3 aliphatic rings. The Morgan fingerprint density at radius 1 is 0.837 bits per heavy atom. The lowest BCUT2D eigenvalue weighted by molar-refractivity contribution is -0.141. The molecule has 0 radical (unpaired) electrons. The molecule has 0 aliphatic heterocycles. The number of unbranched alkanes of at least 4 members (excludes halogenated alkanes) is 2. The van der Waals surface area contributed by atoms with E-state index in [4.69, 9.17) is 24.1 Å². The van der Waals surface area contributed by atoms with Crippen LogP contribution < -0.4 is 0 Å². The number of methoxy groups -OCH3 is 1. The number of carbonyl (C=O) groups excluding carboxylic acids is 1. The Kier molecular flexibility index (Phi) is 18.5. The molecule has 0 saturated heterocycles. The first-order valence-corrected chi connectivity index (χ1v) is 19.9. The predicted molar refractivity (Wildman–Crippen MR) is 199 cm³/mol. The highest BCUT2D eigenvalue weighted by Gasteiger charge is 2.31. The van der Waals surface area contributed by atoms with Gasteiger partial charge >= 0.3 is 5.97 Å². The first-order chi connectivity index (χ1) is 24.0. The van der Waals surface area contributed by atoms with E-state index in [2.05, 4.69) is 49.9 Å². The first kappa shape index (κ1) is 39.8. The van der Waals surface area contributed by atoms with Gasteiger partial charge in [0, 0.05) is 19.6 Å². The number of aliphatic hydroxyl groups is 1. The molecule has 276 valence electrons. The van der Waals surface area contributed by atoms with Crippen LogP contribution in [0.2, 0.25) is 0 Å². The fourth-order valence-corrected chi connectivity index (χ4v) is 8.67. The van der Waals surface area contributed by atoms with Crippen LogP contribution in [0.15, 0.2) is 48.6 Å². The van der Waals surface area contributed by atoms with Gasteiger partial charge in [-0.05, 0) is 130 Å². The van der Waals surface area contributed by atoms with E-state index in [-0.39, 0.29) is 32.5 Å². The van der Waals surface area contributed by atoms with Crippen LogP contribution in [-0.4, -0.2) is 58.0 Å². The van der Waals surface area contributed by atoms with Crippen molar-refractivity contribution in [3.05, 3.63) is 59.7 Å². The molecule has 0 spiro atoms. The molecular formula is C43H68O6. The summed E-state index contributed by atoms with van der Waals surface area (Å²) in [6.45, 7) is 7.46. The molecule has 0 amide bonds. The number of rotatable bonds is 21. The monoisotopic (exact) mass is 681 g/mol. The van der Waals surface area contributed by atoms with Gasteiger partial charge in [0.1, 0.15) is 13.4 Å². The smallest absolute Gasteiger partial charge is 0.335 e. The van der Waals surface area contributed by atoms with Gasteiger partial charge in [-0.2, -0.15) is 0 Å². The number of aliphatic hydroxyl groups excluding tert-OH is 1. The molecule has 1 aromatic rings. The molecule has 1 atom stereocenters. The lowest BCUT2D eigenvalue weighted by Crippen LogP contribution is -2.25. The predicted octanol–water partition coefficient (Wildman–Crippen LogP) is 9.91. The van der Waals surface area contributed by atoms with Gasteiger partial charge < -0.3 is 24.1 Å². The molecule has 6 heteroatoms. The third-order valence-corrected chi connectivity index (χ3v) is 11.9. The molecule has 49 heavy (non-hydrogen) atoms. The maximum absolute atomic E-state index is 12.4. The van der Waals surface area contributed by atoms with Crippen LogP contribution in [0.3, 0.4) is 0 Å². The molecule has 0 aromatic heterocycles. The maximum atomic E-state index is 12.4. The zero-order chi connectivity index (χ0) is 34.7. The molecule has 1 unspecified atom stereocenters. The Morgan fingerprint density at radius 3 is 2.08 bits per heavy atom. The van der Waals surface area contributed by atoms with E-state index in [0.29, 0.717) is 31.1 Å². The zero-order valence-electron chi connectivity index (χ0n) is 31.0. The Labute approximate surface area is 298 Å². The van der Waals surface area contributed by atoms with Gasteiger partial charge in [-0.3, -0.25) is 0 Å². The Bertz CT molecular complexity index is 1070. The van der Waals surface area contributed by atoms with Crippen molar-refractivity contribution in [3.8, 4) is 0 Å². The third kappa shape index (κ3) is 13.9. The molecule has 1 aromatic carbocycles. The van der Waals surface area contributed by atoms with Crippen molar-refractivity contribution in [2.45, 2.75) is 128 Å². The number of carbonyl (C=O) groups is 1. The molecule has 6 nitrogen and oxygen atoms in total. The van der Waals surface area contributed by atoms with Gasteiger partial charge in [0.15, 0.2) is 0 Å². The fraction of sp³-hybridized carbons (Fsp3) is 0.744. The number of benzene rings is 1. The average Bonchev–Trinajstić information content (AvgIpc) is 3.14. The van der Waals surface area contributed by atoms with Gasteiger partial charge in [0.05, 0.1) is 25.4 Å². The Balaban J connectivity index is 1.18. The lowest BCUT2D eigenvalue weighted by atomic mass is 9.68. The minimum Gasteiger partial charge on any atom is -0.462 e. The minimum absolute atomic E-state index is 0.0940. The van der Waals surface area contributed by atoms with E-state index in [1.54, 1.807) is 0 Å². The van der Waals surface area contributed by atoms with Crippen LogP contribution in [0.1, 0.15) is 139 Å². The van der Waals surface area contributed by atoms with Gasteiger partial charge in [0.2, 0.25) is 0 Å². The van der Waals surface area contributed by atoms with Crippen molar-refractivity contribution in [3.63, 3.8) is 0 Å². The topological polar surface area (TPSA) is 74.2 Å². The average molecular weight is 681 g/mol. The largest absolute Gasteiger partial charge is 0.462 e. The highest BCUT2D eigenvalue weighted by Crippen LogP contribution is 2.44. The molecule has 3 fully saturated rings. The van der Waals surface area contributed by atoms with Crippen LogP contribution in [-0.2, 0) is 23.7 Å². The highest BCUT2D eigenvalue weighted by atomic mass is 16.7. The summed E-state index contributed by atoms with van der Waals surface area (Å²) >= 11 is 0. The van der Waals surface area contributed by atoms with Crippen LogP contribution in [0.5, 0.6) is 0 Å². The van der Waals surface area contributed by atoms with E-state index in [1.165, 1.54) is 115 Å². The van der Waals surface area contributed by atoms with Crippen LogP contribution in [0, 0.1) is 29.6 Å². The molecule has 3 saturated carbocycles. The summed E-state index contributed by atoms with van der Waals surface area (Å²) in [5.41, 5.74) is 2.80.